The van der Waals surface area contributed by atoms with Crippen molar-refractivity contribution < 1.29 is 4.79 Å². The van der Waals surface area contributed by atoms with Crippen LogP contribution in [-0.4, -0.2) is 26.5 Å². The van der Waals surface area contributed by atoms with Crippen molar-refractivity contribution in [2.24, 2.45) is 5.84 Å². The van der Waals surface area contributed by atoms with Crippen molar-refractivity contribution in [1.82, 2.24) is 19.9 Å². The summed E-state index contributed by atoms with van der Waals surface area (Å²) < 4.78 is 1.90. The van der Waals surface area contributed by atoms with Gasteiger partial charge in [0.25, 0.3) is 5.91 Å². The van der Waals surface area contributed by atoms with E-state index in [-0.39, 0.29) is 11.9 Å². The highest BCUT2D eigenvalue weighted by Gasteiger charge is 2.14. The number of hydrazine groups is 1. The highest BCUT2D eigenvalue weighted by Crippen LogP contribution is 2.14. The minimum absolute atomic E-state index is 0.0383. The number of carbonyl (C=O) groups excluding carboxylic acids is 1. The van der Waals surface area contributed by atoms with Crippen molar-refractivity contribution in [2.45, 2.75) is 26.4 Å². The van der Waals surface area contributed by atoms with Gasteiger partial charge < -0.3 is 15.3 Å². The van der Waals surface area contributed by atoms with Crippen LogP contribution in [-0.2, 0) is 6.54 Å². The first-order valence-electron chi connectivity index (χ1n) is 6.30. The van der Waals surface area contributed by atoms with Gasteiger partial charge in [-0.3, -0.25) is 15.6 Å². The minimum atomic E-state index is -0.210. The highest BCUT2D eigenvalue weighted by molar-refractivity contribution is 5.99. The van der Waals surface area contributed by atoms with Crippen molar-refractivity contribution in [2.75, 3.05) is 5.43 Å². The van der Waals surface area contributed by atoms with Crippen LogP contribution < -0.4 is 16.6 Å². The average Bonchev–Trinajstić information content (AvgIpc) is 2.90. The number of hydrogen-bond acceptors (Lipinski definition) is 5. The van der Waals surface area contributed by atoms with Crippen LogP contribution in [0.25, 0.3) is 0 Å². The molecule has 7 nitrogen and oxygen atoms in total. The Morgan fingerprint density at radius 2 is 2.35 bits per heavy atom. The van der Waals surface area contributed by atoms with Gasteiger partial charge in [0.05, 0.1) is 17.6 Å². The van der Waals surface area contributed by atoms with Gasteiger partial charge >= 0.3 is 0 Å². The van der Waals surface area contributed by atoms with E-state index in [4.69, 9.17) is 5.84 Å². The smallest absolute Gasteiger partial charge is 0.255 e. The highest BCUT2D eigenvalue weighted by atomic mass is 16.1. The number of nitrogens with zero attached hydrogens (tertiary/aromatic N) is 3. The van der Waals surface area contributed by atoms with E-state index in [0.29, 0.717) is 17.8 Å². The molecule has 0 radical (unpaired) electrons. The molecule has 0 aromatic carbocycles. The second kappa shape index (κ2) is 6.16. The predicted octanol–water partition coefficient (Wildman–Crippen LogP) is 0.691. The minimum Gasteiger partial charge on any atom is -0.348 e. The molecule has 1 atom stereocenters. The zero-order valence-electron chi connectivity index (χ0n) is 11.5. The summed E-state index contributed by atoms with van der Waals surface area (Å²) in [6, 6.07) is 1.69. The monoisotopic (exact) mass is 274 g/mol. The lowest BCUT2D eigenvalue weighted by atomic mass is 10.2. The van der Waals surface area contributed by atoms with E-state index in [1.807, 2.05) is 24.6 Å². The standard InChI is InChI=1S/C13H18N6O/c1-9-5-12(18-14)11(6-16-9)13(20)17-10(2)7-19-4-3-15-8-19/h3-6,8,10H,7,14H2,1-2H3,(H,16,18)(H,17,20). The summed E-state index contributed by atoms with van der Waals surface area (Å²) in [4.78, 5) is 20.3. The number of nitrogens with two attached hydrogens (primary N) is 1. The van der Waals surface area contributed by atoms with E-state index >= 15 is 0 Å². The maximum atomic E-state index is 12.2. The molecule has 2 rings (SSSR count). The Labute approximate surface area is 117 Å². The van der Waals surface area contributed by atoms with Crippen molar-refractivity contribution in [1.29, 1.82) is 0 Å². The van der Waals surface area contributed by atoms with Gasteiger partial charge in [-0.15, -0.1) is 0 Å². The van der Waals surface area contributed by atoms with Crippen LogP contribution in [0.15, 0.2) is 31.0 Å². The normalized spacial score (nSPS) is 11.9. The molecule has 2 aromatic heterocycles. The van der Waals surface area contributed by atoms with Crippen LogP contribution in [0.3, 0.4) is 0 Å². The van der Waals surface area contributed by atoms with Gasteiger partial charge in [-0.25, -0.2) is 4.98 Å². The number of hydrogen-bond donors (Lipinski definition) is 3. The number of amides is 1. The fourth-order valence-corrected chi connectivity index (χ4v) is 1.92. The molecular formula is C13H18N6O. The SMILES string of the molecule is Cc1cc(NN)c(C(=O)NC(C)Cn2ccnc2)cn1. The van der Waals surface area contributed by atoms with E-state index in [1.54, 1.807) is 18.6 Å². The molecule has 2 heterocycles. The molecule has 7 heteroatoms. The molecule has 0 aliphatic carbocycles. The summed E-state index contributed by atoms with van der Waals surface area (Å²) in [5, 5.41) is 2.91. The molecule has 106 valence electrons. The fourth-order valence-electron chi connectivity index (χ4n) is 1.92. The Bertz CT molecular complexity index is 581. The molecule has 0 saturated carbocycles. The lowest BCUT2D eigenvalue weighted by Crippen LogP contribution is -2.36. The lowest BCUT2D eigenvalue weighted by Gasteiger charge is -2.16. The Morgan fingerprint density at radius 1 is 1.55 bits per heavy atom. The molecule has 0 fully saturated rings. The summed E-state index contributed by atoms with van der Waals surface area (Å²) >= 11 is 0. The fraction of sp³-hybridized carbons (Fsp3) is 0.308. The van der Waals surface area contributed by atoms with Gasteiger partial charge in [0.2, 0.25) is 0 Å². The van der Waals surface area contributed by atoms with E-state index in [0.717, 1.165) is 5.69 Å². The van der Waals surface area contributed by atoms with E-state index in [1.165, 1.54) is 6.20 Å². The molecule has 0 aliphatic rings. The summed E-state index contributed by atoms with van der Waals surface area (Å²) in [6.45, 7) is 4.41. The summed E-state index contributed by atoms with van der Waals surface area (Å²) in [5.41, 5.74) is 4.30. The molecule has 1 unspecified atom stereocenters. The van der Waals surface area contributed by atoms with Gasteiger partial charge in [0.1, 0.15) is 0 Å². The first-order chi connectivity index (χ1) is 9.60. The molecule has 2 aromatic rings. The van der Waals surface area contributed by atoms with Gasteiger partial charge in [0.15, 0.2) is 0 Å². The van der Waals surface area contributed by atoms with E-state index < -0.39 is 0 Å². The lowest BCUT2D eigenvalue weighted by molar-refractivity contribution is 0.0937. The number of nitrogens with one attached hydrogen (secondary N) is 2. The first kappa shape index (κ1) is 14.0. The molecule has 0 saturated heterocycles. The van der Waals surface area contributed by atoms with Crippen LogP contribution >= 0.6 is 0 Å². The van der Waals surface area contributed by atoms with Crippen LogP contribution in [0.4, 0.5) is 5.69 Å². The molecule has 0 aliphatic heterocycles. The van der Waals surface area contributed by atoms with Crippen LogP contribution in [0, 0.1) is 6.92 Å². The maximum Gasteiger partial charge on any atom is 0.255 e. The van der Waals surface area contributed by atoms with Crippen molar-refractivity contribution in [3.8, 4) is 0 Å². The second-order valence-corrected chi connectivity index (χ2v) is 4.65. The zero-order valence-corrected chi connectivity index (χ0v) is 11.5. The zero-order chi connectivity index (χ0) is 14.5. The van der Waals surface area contributed by atoms with Crippen molar-refractivity contribution in [3.63, 3.8) is 0 Å². The third-order valence-corrected chi connectivity index (χ3v) is 2.86. The van der Waals surface area contributed by atoms with Crippen molar-refractivity contribution in [3.05, 3.63) is 42.2 Å². The number of nitrogen functional groups attached to an aromatic ring is 1. The van der Waals surface area contributed by atoms with Crippen LogP contribution in [0.5, 0.6) is 0 Å². The van der Waals surface area contributed by atoms with Crippen molar-refractivity contribution >= 4 is 11.6 Å². The van der Waals surface area contributed by atoms with Crippen LogP contribution in [0.1, 0.15) is 23.0 Å². The van der Waals surface area contributed by atoms with Crippen LogP contribution in [0.2, 0.25) is 0 Å². The largest absolute Gasteiger partial charge is 0.348 e. The average molecular weight is 274 g/mol. The Hall–Kier alpha value is -2.41. The molecule has 0 spiro atoms. The third kappa shape index (κ3) is 3.33. The summed E-state index contributed by atoms with van der Waals surface area (Å²) in [6.07, 6.45) is 6.78. The van der Waals surface area contributed by atoms with Gasteiger partial charge in [0, 0.05) is 36.9 Å². The molecule has 0 bridgehead atoms. The summed E-state index contributed by atoms with van der Waals surface area (Å²) in [7, 11) is 0. The quantitative estimate of drug-likeness (QED) is 0.550. The van der Waals surface area contributed by atoms with Gasteiger partial charge in [-0.2, -0.15) is 0 Å². The van der Waals surface area contributed by atoms with E-state index in [2.05, 4.69) is 20.7 Å². The summed E-state index contributed by atoms with van der Waals surface area (Å²) in [5.74, 6) is 5.22. The number of pyridine rings is 1. The van der Waals surface area contributed by atoms with Gasteiger partial charge in [-0.05, 0) is 19.9 Å². The first-order valence-corrected chi connectivity index (χ1v) is 6.30. The number of aromatic nitrogens is 3. The van der Waals surface area contributed by atoms with Gasteiger partial charge in [-0.1, -0.05) is 0 Å². The third-order valence-electron chi connectivity index (χ3n) is 2.86. The maximum absolute atomic E-state index is 12.2. The number of rotatable bonds is 5. The molecule has 1 amide bonds. The topological polar surface area (TPSA) is 97.9 Å². The number of imidazole rings is 1. The number of aryl methyl sites for hydroxylation is 1. The number of carbonyl (C=O) groups is 1. The van der Waals surface area contributed by atoms with E-state index in [9.17, 15) is 4.79 Å². The Balaban J connectivity index is 2.04. The molecule has 4 N–H and O–H groups in total. The Morgan fingerprint density at radius 3 is 3.00 bits per heavy atom. The molecular weight excluding hydrogens is 256 g/mol. The number of anilines is 1. The Kier molecular flexibility index (Phi) is 4.31. The second-order valence-electron chi connectivity index (χ2n) is 4.65. The predicted molar refractivity (Wildman–Crippen MR) is 75.9 cm³/mol. The molecule has 20 heavy (non-hydrogen) atoms.